The Labute approximate surface area is 250 Å². The molecule has 1 fully saturated rings. The second-order valence-electron chi connectivity index (χ2n) is 9.83. The largest absolute Gasteiger partial charge is 0.494 e. The highest BCUT2D eigenvalue weighted by Gasteiger charge is 2.31. The summed E-state index contributed by atoms with van der Waals surface area (Å²) in [6, 6.07) is 5.33. The summed E-state index contributed by atoms with van der Waals surface area (Å²) in [5.41, 5.74) is 0.508. The van der Waals surface area contributed by atoms with Crippen molar-refractivity contribution in [3.63, 3.8) is 0 Å². The molecule has 2 atom stereocenters. The number of aliphatic hydroxyl groups is 1. The number of amides is 3. The molecule has 3 amide bonds. The van der Waals surface area contributed by atoms with Crippen LogP contribution in [0.4, 0.5) is 17.2 Å². The predicted octanol–water partition coefficient (Wildman–Crippen LogP) is -0.342. The Morgan fingerprint density at radius 2 is 1.91 bits per heavy atom. The quantitative estimate of drug-likeness (QED) is 0.164. The van der Waals surface area contributed by atoms with Gasteiger partial charge in [0.25, 0.3) is 11.8 Å². The fourth-order valence-electron chi connectivity index (χ4n) is 3.93. The second-order valence-corrected chi connectivity index (χ2v) is 9.83. The van der Waals surface area contributed by atoms with E-state index in [0.717, 1.165) is 12.8 Å². The molecule has 4 rings (SSSR count). The summed E-state index contributed by atoms with van der Waals surface area (Å²) in [7, 11) is 19.4. The molecule has 1 saturated carbocycles. The van der Waals surface area contributed by atoms with Crippen LogP contribution in [-0.4, -0.2) is 98.9 Å². The number of methoxy groups -OCH3 is 2. The van der Waals surface area contributed by atoms with E-state index in [9.17, 15) is 19.5 Å². The first kappa shape index (κ1) is 31.5. The molecule has 2 heterocycles. The monoisotopic (exact) mass is 584 g/mol. The maximum atomic E-state index is 12.9. The molecule has 5 N–H and O–H groups in total. The standard InChI is InChI=1S/C25H27B3N8O7/c1-11(37)18(31-17(38)10-41-2)21-32-24(43-36-21)13-5-4-6-14(20(13)42-3)29-15-9-16(30-22(39)12-7-8-12)34-35-19(15)23(40)33-25(26,27)28/h4-6,9,11-12,18,37H,7-8,10H2,1-3H3,(H,31,38)(H,33,40)(H2,29,30,34,39)/t11-,18+/m0/s1. The van der Waals surface area contributed by atoms with Crippen LogP contribution in [-0.2, 0) is 14.3 Å². The highest BCUT2D eigenvalue weighted by Crippen LogP contribution is 2.38. The van der Waals surface area contributed by atoms with Gasteiger partial charge in [0.2, 0.25) is 11.8 Å². The summed E-state index contributed by atoms with van der Waals surface area (Å²) >= 11 is 0. The van der Waals surface area contributed by atoms with Crippen LogP contribution in [0.5, 0.6) is 5.75 Å². The van der Waals surface area contributed by atoms with E-state index in [4.69, 9.17) is 37.5 Å². The number of aromatic nitrogens is 4. The number of benzene rings is 1. The van der Waals surface area contributed by atoms with Gasteiger partial charge >= 0.3 is 0 Å². The maximum Gasteiger partial charge on any atom is 0.272 e. The molecule has 1 aliphatic carbocycles. The number of nitrogens with zero attached hydrogens (tertiary/aromatic N) is 4. The van der Waals surface area contributed by atoms with Crippen molar-refractivity contribution in [3.05, 3.63) is 35.8 Å². The maximum absolute atomic E-state index is 12.9. The molecule has 1 aliphatic rings. The first-order valence-corrected chi connectivity index (χ1v) is 13.0. The van der Waals surface area contributed by atoms with E-state index in [1.165, 1.54) is 27.2 Å². The minimum absolute atomic E-state index is 0.00419. The first-order valence-electron chi connectivity index (χ1n) is 13.0. The number of carbonyl (C=O) groups is 3. The van der Waals surface area contributed by atoms with Crippen LogP contribution in [0.1, 0.15) is 42.1 Å². The van der Waals surface area contributed by atoms with Gasteiger partial charge in [0.05, 0.1) is 53.7 Å². The van der Waals surface area contributed by atoms with E-state index < -0.39 is 29.2 Å². The minimum Gasteiger partial charge on any atom is -0.494 e. The average Bonchev–Trinajstić information content (AvgIpc) is 3.68. The Kier molecular flexibility index (Phi) is 9.71. The molecule has 0 saturated heterocycles. The zero-order valence-corrected chi connectivity index (χ0v) is 23.6. The van der Waals surface area contributed by atoms with Gasteiger partial charge < -0.3 is 40.4 Å². The molecule has 43 heavy (non-hydrogen) atoms. The number of nitrogens with one attached hydrogen (secondary N) is 4. The normalized spacial score (nSPS) is 14.3. The number of anilines is 3. The number of carbonyl (C=O) groups excluding carboxylic acids is 3. The van der Waals surface area contributed by atoms with Gasteiger partial charge in [-0.2, -0.15) is 4.98 Å². The number of hydrogen-bond donors (Lipinski definition) is 5. The molecule has 218 valence electrons. The summed E-state index contributed by atoms with van der Waals surface area (Å²) in [6.45, 7) is 1.23. The summed E-state index contributed by atoms with van der Waals surface area (Å²) in [4.78, 5) is 41.6. The third-order valence-corrected chi connectivity index (χ3v) is 6.05. The van der Waals surface area contributed by atoms with Crippen molar-refractivity contribution < 1.29 is 33.5 Å². The molecule has 15 nitrogen and oxygen atoms in total. The van der Waals surface area contributed by atoms with Gasteiger partial charge in [0.15, 0.2) is 23.1 Å². The van der Waals surface area contributed by atoms with Crippen LogP contribution in [0.2, 0.25) is 0 Å². The lowest BCUT2D eigenvalue weighted by molar-refractivity contribution is -0.126. The van der Waals surface area contributed by atoms with E-state index in [-0.39, 0.29) is 53.1 Å². The van der Waals surface area contributed by atoms with Gasteiger partial charge in [-0.25, -0.2) is 0 Å². The number of aliphatic hydroxyl groups excluding tert-OH is 1. The molecule has 0 bridgehead atoms. The molecule has 0 spiro atoms. The molecule has 1 aromatic carbocycles. The summed E-state index contributed by atoms with van der Waals surface area (Å²) < 4.78 is 15.9. The Morgan fingerprint density at radius 3 is 2.53 bits per heavy atom. The van der Waals surface area contributed by atoms with Gasteiger partial charge in [0.1, 0.15) is 12.6 Å². The van der Waals surface area contributed by atoms with E-state index in [0.29, 0.717) is 11.3 Å². The Bertz CT molecular complexity index is 1490. The van der Waals surface area contributed by atoms with E-state index in [1.54, 1.807) is 18.2 Å². The molecule has 2 aromatic heterocycles. The summed E-state index contributed by atoms with van der Waals surface area (Å²) in [6.07, 6.45) is 0.485. The third kappa shape index (κ3) is 8.11. The van der Waals surface area contributed by atoms with Crippen molar-refractivity contribution in [2.45, 2.75) is 37.1 Å². The summed E-state index contributed by atoms with van der Waals surface area (Å²) in [5.74, 6) is -1.34. The van der Waals surface area contributed by atoms with Crippen LogP contribution < -0.4 is 26.0 Å². The Balaban J connectivity index is 1.68. The average molecular weight is 584 g/mol. The van der Waals surface area contributed by atoms with Crippen LogP contribution in [0, 0.1) is 5.92 Å². The minimum atomic E-state index is -2.05. The molecule has 0 unspecified atom stereocenters. The highest BCUT2D eigenvalue weighted by atomic mass is 16.5. The summed E-state index contributed by atoms with van der Waals surface area (Å²) in [5, 5.41) is 30.5. The first-order chi connectivity index (χ1) is 20.4. The molecule has 6 radical (unpaired) electrons. The lowest BCUT2D eigenvalue weighted by Crippen LogP contribution is -2.50. The van der Waals surface area contributed by atoms with Crippen molar-refractivity contribution in [2.75, 3.05) is 31.5 Å². The lowest BCUT2D eigenvalue weighted by atomic mass is 9.49. The Hall–Kier alpha value is -4.44. The third-order valence-electron chi connectivity index (χ3n) is 6.05. The van der Waals surface area contributed by atoms with Gasteiger partial charge in [-0.15, -0.1) is 10.2 Å². The zero-order chi connectivity index (χ0) is 31.3. The van der Waals surface area contributed by atoms with Crippen molar-refractivity contribution in [1.82, 2.24) is 31.0 Å². The highest BCUT2D eigenvalue weighted by molar-refractivity contribution is 6.60. The zero-order valence-electron chi connectivity index (χ0n) is 23.6. The molecule has 0 aliphatic heterocycles. The molecular weight excluding hydrogens is 557 g/mol. The predicted molar refractivity (Wildman–Crippen MR) is 155 cm³/mol. The molecule has 18 heteroatoms. The fraction of sp³-hybridized carbons (Fsp3) is 0.400. The van der Waals surface area contributed by atoms with Crippen LogP contribution in [0.25, 0.3) is 11.5 Å². The lowest BCUT2D eigenvalue weighted by Gasteiger charge is -2.23. The number of ether oxygens (including phenoxy) is 2. The number of para-hydroxylation sites is 1. The van der Waals surface area contributed by atoms with E-state index >= 15 is 0 Å². The van der Waals surface area contributed by atoms with E-state index in [2.05, 4.69) is 41.6 Å². The fourth-order valence-corrected chi connectivity index (χ4v) is 3.93. The Morgan fingerprint density at radius 1 is 1.16 bits per heavy atom. The van der Waals surface area contributed by atoms with Crippen molar-refractivity contribution in [2.24, 2.45) is 5.92 Å². The van der Waals surface area contributed by atoms with Crippen molar-refractivity contribution in [1.29, 1.82) is 0 Å². The molecule has 3 aromatic rings. The molecular formula is C25H27B3N8O7. The van der Waals surface area contributed by atoms with Gasteiger partial charge in [-0.1, -0.05) is 16.5 Å². The smallest absolute Gasteiger partial charge is 0.272 e. The SMILES string of the molecule is [B]C([B])([B])NC(=O)c1nnc(NC(=O)C2CC2)cc1Nc1cccc(-c2nc([C@H](NC(=O)COC)[C@H](C)O)no2)c1OC. The van der Waals surface area contributed by atoms with Gasteiger partial charge in [0, 0.05) is 19.1 Å². The van der Waals surface area contributed by atoms with Gasteiger partial charge in [-0.05, 0) is 31.9 Å². The number of rotatable bonds is 13. The van der Waals surface area contributed by atoms with Crippen LogP contribution in [0.15, 0.2) is 28.8 Å². The topological polar surface area (TPSA) is 203 Å². The van der Waals surface area contributed by atoms with Gasteiger partial charge in [-0.3, -0.25) is 14.4 Å². The van der Waals surface area contributed by atoms with Crippen molar-refractivity contribution >= 4 is 58.5 Å². The van der Waals surface area contributed by atoms with Crippen LogP contribution >= 0.6 is 0 Å². The number of hydrogen-bond acceptors (Lipinski definition) is 12. The van der Waals surface area contributed by atoms with E-state index in [1.807, 2.05) is 0 Å². The van der Waals surface area contributed by atoms with Crippen LogP contribution in [0.3, 0.4) is 0 Å². The second kappa shape index (κ2) is 13.3. The van der Waals surface area contributed by atoms with Crippen molar-refractivity contribution in [3.8, 4) is 17.2 Å².